The Hall–Kier alpha value is -1.14. The van der Waals surface area contributed by atoms with E-state index in [-0.39, 0.29) is 11.2 Å². The highest BCUT2D eigenvalue weighted by atomic mass is 32.2. The number of unbranched alkanes of at least 4 members (excludes halogenated alkanes) is 1. The van der Waals surface area contributed by atoms with E-state index in [1.54, 1.807) is 17.7 Å². The predicted molar refractivity (Wildman–Crippen MR) is 99.8 cm³/mol. The van der Waals surface area contributed by atoms with Crippen LogP contribution in [-0.2, 0) is 22.4 Å². The molecule has 2 atom stereocenters. The van der Waals surface area contributed by atoms with Crippen molar-refractivity contribution in [1.82, 2.24) is 9.97 Å². The van der Waals surface area contributed by atoms with Crippen molar-refractivity contribution in [1.29, 1.82) is 0 Å². The third kappa shape index (κ3) is 3.75. The molecule has 3 rings (SSSR count). The highest BCUT2D eigenvalue weighted by Crippen LogP contribution is 2.41. The molecule has 0 N–H and O–H groups in total. The number of rotatable bonds is 6. The maximum absolute atomic E-state index is 12.1. The zero-order valence-corrected chi connectivity index (χ0v) is 16.1. The molecule has 0 aromatic carbocycles. The van der Waals surface area contributed by atoms with Gasteiger partial charge in [-0.2, -0.15) is 0 Å². The molecule has 0 saturated carbocycles. The zero-order chi connectivity index (χ0) is 17.1. The van der Waals surface area contributed by atoms with Crippen LogP contribution in [0, 0.1) is 5.92 Å². The van der Waals surface area contributed by atoms with Gasteiger partial charge in [0.15, 0.2) is 0 Å². The SMILES string of the molecule is CCCCOC(=O)[C@@H](C)Sc1ncnc2sc3c(c12)CC[C@H](C)C3. The Morgan fingerprint density at radius 1 is 1.50 bits per heavy atom. The van der Waals surface area contributed by atoms with Crippen molar-refractivity contribution in [2.75, 3.05) is 6.61 Å². The molecule has 0 spiro atoms. The lowest BCUT2D eigenvalue weighted by Crippen LogP contribution is -2.17. The number of nitrogens with zero attached hydrogens (tertiary/aromatic N) is 2. The molecule has 0 aliphatic heterocycles. The second-order valence-electron chi connectivity index (χ2n) is 6.49. The van der Waals surface area contributed by atoms with Crippen LogP contribution in [0.25, 0.3) is 10.2 Å². The van der Waals surface area contributed by atoms with Gasteiger partial charge in [0.2, 0.25) is 0 Å². The van der Waals surface area contributed by atoms with Crippen LogP contribution in [0.2, 0.25) is 0 Å². The molecule has 4 nitrogen and oxygen atoms in total. The first-order chi connectivity index (χ1) is 11.6. The molecule has 2 heterocycles. The Balaban J connectivity index is 1.81. The third-order valence-electron chi connectivity index (χ3n) is 4.42. The molecule has 0 amide bonds. The molecular formula is C18H24N2O2S2. The van der Waals surface area contributed by atoms with Crippen LogP contribution in [0.1, 0.15) is 50.5 Å². The van der Waals surface area contributed by atoms with Gasteiger partial charge in [0, 0.05) is 10.3 Å². The van der Waals surface area contributed by atoms with Crippen molar-refractivity contribution in [3.8, 4) is 0 Å². The van der Waals surface area contributed by atoms with Gasteiger partial charge in [-0.05, 0) is 44.1 Å². The first-order valence-corrected chi connectivity index (χ1v) is 10.4. The smallest absolute Gasteiger partial charge is 0.319 e. The van der Waals surface area contributed by atoms with E-state index in [0.717, 1.165) is 41.5 Å². The van der Waals surface area contributed by atoms with E-state index in [0.29, 0.717) is 6.61 Å². The molecule has 6 heteroatoms. The number of hydrogen-bond donors (Lipinski definition) is 0. The largest absolute Gasteiger partial charge is 0.465 e. The summed E-state index contributed by atoms with van der Waals surface area (Å²) in [6, 6.07) is 0. The van der Waals surface area contributed by atoms with E-state index in [1.807, 2.05) is 6.92 Å². The standard InChI is InChI=1S/C18H24N2O2S2/c1-4-5-8-22-18(21)12(3)23-16-15-13-7-6-11(2)9-14(13)24-17(15)20-10-19-16/h10-12H,4-9H2,1-3H3/t11-,12+/m0/s1. The number of aryl methyl sites for hydroxylation is 1. The van der Waals surface area contributed by atoms with E-state index in [1.165, 1.54) is 34.0 Å². The van der Waals surface area contributed by atoms with Crippen LogP contribution in [0.4, 0.5) is 0 Å². The van der Waals surface area contributed by atoms with Gasteiger partial charge in [-0.25, -0.2) is 9.97 Å². The van der Waals surface area contributed by atoms with Crippen molar-refractivity contribution in [2.24, 2.45) is 5.92 Å². The molecule has 2 aromatic heterocycles. The molecule has 0 saturated heterocycles. The van der Waals surface area contributed by atoms with Crippen LogP contribution >= 0.6 is 23.1 Å². The highest BCUT2D eigenvalue weighted by molar-refractivity contribution is 8.00. The predicted octanol–water partition coefficient (Wildman–Crippen LogP) is 4.64. The van der Waals surface area contributed by atoms with E-state index >= 15 is 0 Å². The molecule has 0 unspecified atom stereocenters. The summed E-state index contributed by atoms with van der Waals surface area (Å²) in [5.74, 6) is 0.583. The van der Waals surface area contributed by atoms with Crippen LogP contribution in [0.5, 0.6) is 0 Å². The monoisotopic (exact) mass is 364 g/mol. The van der Waals surface area contributed by atoms with Crippen molar-refractivity contribution in [3.63, 3.8) is 0 Å². The summed E-state index contributed by atoms with van der Waals surface area (Å²) >= 11 is 3.29. The van der Waals surface area contributed by atoms with Gasteiger partial charge in [0.1, 0.15) is 21.4 Å². The zero-order valence-electron chi connectivity index (χ0n) is 14.5. The Morgan fingerprint density at radius 3 is 3.12 bits per heavy atom. The highest BCUT2D eigenvalue weighted by Gasteiger charge is 2.25. The summed E-state index contributed by atoms with van der Waals surface area (Å²) in [6.45, 7) is 6.80. The van der Waals surface area contributed by atoms with Crippen molar-refractivity contribution >= 4 is 39.3 Å². The van der Waals surface area contributed by atoms with Crippen LogP contribution in [-0.4, -0.2) is 27.8 Å². The lowest BCUT2D eigenvalue weighted by molar-refractivity contribution is -0.142. The Bertz CT molecular complexity index is 729. The van der Waals surface area contributed by atoms with Crippen molar-refractivity contribution < 1.29 is 9.53 Å². The summed E-state index contributed by atoms with van der Waals surface area (Å²) in [5.41, 5.74) is 1.41. The number of aromatic nitrogens is 2. The number of fused-ring (bicyclic) bond motifs is 3. The van der Waals surface area contributed by atoms with Gasteiger partial charge in [-0.3, -0.25) is 4.79 Å². The van der Waals surface area contributed by atoms with Crippen molar-refractivity contribution in [3.05, 3.63) is 16.8 Å². The van der Waals surface area contributed by atoms with E-state index in [4.69, 9.17) is 4.74 Å². The van der Waals surface area contributed by atoms with Crippen LogP contribution in [0.15, 0.2) is 11.4 Å². The summed E-state index contributed by atoms with van der Waals surface area (Å²) < 4.78 is 5.34. The molecule has 0 radical (unpaired) electrons. The lowest BCUT2D eigenvalue weighted by atomic mass is 9.89. The van der Waals surface area contributed by atoms with Gasteiger partial charge in [0.25, 0.3) is 0 Å². The Labute approximate surface area is 151 Å². The van der Waals surface area contributed by atoms with Gasteiger partial charge in [-0.15, -0.1) is 11.3 Å². The minimum Gasteiger partial charge on any atom is -0.465 e. The summed E-state index contributed by atoms with van der Waals surface area (Å²) in [7, 11) is 0. The van der Waals surface area contributed by atoms with E-state index in [2.05, 4.69) is 23.8 Å². The normalized spacial score (nSPS) is 18.4. The van der Waals surface area contributed by atoms with E-state index in [9.17, 15) is 4.79 Å². The molecule has 130 valence electrons. The fourth-order valence-electron chi connectivity index (χ4n) is 2.99. The fraction of sp³-hybridized carbons (Fsp3) is 0.611. The minimum absolute atomic E-state index is 0.155. The lowest BCUT2D eigenvalue weighted by Gasteiger charge is -2.18. The molecule has 2 aromatic rings. The summed E-state index contributed by atoms with van der Waals surface area (Å²) in [5, 5.41) is 1.84. The topological polar surface area (TPSA) is 52.1 Å². The maximum atomic E-state index is 12.1. The van der Waals surface area contributed by atoms with Gasteiger partial charge in [0.05, 0.1) is 6.61 Å². The quantitative estimate of drug-likeness (QED) is 0.323. The van der Waals surface area contributed by atoms with Crippen molar-refractivity contribution in [2.45, 2.75) is 63.2 Å². The molecule has 1 aliphatic rings. The minimum atomic E-state index is -0.252. The Morgan fingerprint density at radius 2 is 2.33 bits per heavy atom. The second kappa shape index (κ2) is 7.83. The van der Waals surface area contributed by atoms with E-state index < -0.39 is 0 Å². The van der Waals surface area contributed by atoms with Crippen LogP contribution in [0.3, 0.4) is 0 Å². The molecule has 0 fully saturated rings. The maximum Gasteiger partial charge on any atom is 0.319 e. The Kier molecular flexibility index (Phi) is 5.76. The molecule has 1 aliphatic carbocycles. The number of thioether (sulfide) groups is 1. The number of carbonyl (C=O) groups excluding carboxylic acids is 1. The van der Waals surface area contributed by atoms with Gasteiger partial charge >= 0.3 is 5.97 Å². The average molecular weight is 365 g/mol. The number of hydrogen-bond acceptors (Lipinski definition) is 6. The van der Waals surface area contributed by atoms with Gasteiger partial charge < -0.3 is 4.74 Å². The summed E-state index contributed by atoms with van der Waals surface area (Å²) in [6.07, 6.45) is 7.00. The second-order valence-corrected chi connectivity index (χ2v) is 8.90. The third-order valence-corrected chi connectivity index (χ3v) is 6.66. The van der Waals surface area contributed by atoms with Gasteiger partial charge in [-0.1, -0.05) is 32.0 Å². The number of carbonyl (C=O) groups is 1. The average Bonchev–Trinajstić information content (AvgIpc) is 2.93. The van der Waals surface area contributed by atoms with Crippen LogP contribution < -0.4 is 0 Å². The fourth-order valence-corrected chi connectivity index (χ4v) is 5.35. The summed E-state index contributed by atoms with van der Waals surface area (Å²) in [4.78, 5) is 23.6. The number of ether oxygens (including phenoxy) is 1. The first-order valence-electron chi connectivity index (χ1n) is 8.68. The number of thiophene rings is 1. The molecule has 24 heavy (non-hydrogen) atoms. The number of esters is 1. The molecule has 0 bridgehead atoms. The first kappa shape index (κ1) is 17.7. The molecular weight excluding hydrogens is 340 g/mol.